The van der Waals surface area contributed by atoms with Gasteiger partial charge in [0.25, 0.3) is 10.0 Å². The fourth-order valence-electron chi connectivity index (χ4n) is 3.11. The molecule has 0 radical (unpaired) electrons. The van der Waals surface area contributed by atoms with Crippen LogP contribution >= 0.6 is 0 Å². The molecular formula is C20H17N3O3S. The van der Waals surface area contributed by atoms with Crippen LogP contribution in [-0.2, 0) is 10.0 Å². The summed E-state index contributed by atoms with van der Waals surface area (Å²) in [5.41, 5.74) is 2.31. The first kappa shape index (κ1) is 17.2. The zero-order chi connectivity index (χ0) is 19.0. The molecule has 0 unspecified atom stereocenters. The van der Waals surface area contributed by atoms with Gasteiger partial charge in [0.1, 0.15) is 10.6 Å². The maximum Gasteiger partial charge on any atom is 0.264 e. The Morgan fingerprint density at radius 1 is 0.889 bits per heavy atom. The lowest BCUT2D eigenvalue weighted by atomic mass is 10.1. The van der Waals surface area contributed by atoms with Crippen LogP contribution in [0.4, 0.5) is 5.69 Å². The van der Waals surface area contributed by atoms with Crippen LogP contribution in [-0.4, -0.2) is 25.5 Å². The lowest BCUT2D eigenvalue weighted by molar-refractivity contribution is 0.419. The van der Waals surface area contributed by atoms with Crippen molar-refractivity contribution in [3.05, 3.63) is 66.5 Å². The number of nitrogens with zero attached hydrogens (tertiary/aromatic N) is 2. The molecule has 27 heavy (non-hydrogen) atoms. The highest BCUT2D eigenvalue weighted by atomic mass is 32.2. The number of aryl methyl sites for hydroxylation is 1. The predicted octanol–water partition coefficient (Wildman–Crippen LogP) is 3.90. The second-order valence-electron chi connectivity index (χ2n) is 6.10. The third-order valence-electron chi connectivity index (χ3n) is 4.44. The van der Waals surface area contributed by atoms with Gasteiger partial charge in [-0.3, -0.25) is 14.7 Å². The van der Waals surface area contributed by atoms with Crippen molar-refractivity contribution in [2.24, 2.45) is 0 Å². The van der Waals surface area contributed by atoms with Gasteiger partial charge >= 0.3 is 0 Å². The molecule has 0 aliphatic rings. The van der Waals surface area contributed by atoms with Crippen molar-refractivity contribution in [3.8, 4) is 5.75 Å². The number of benzene rings is 2. The molecule has 0 spiro atoms. The quantitative estimate of drug-likeness (QED) is 0.582. The second kappa shape index (κ2) is 6.51. The van der Waals surface area contributed by atoms with Crippen LogP contribution in [0.1, 0.15) is 5.56 Å². The van der Waals surface area contributed by atoms with Gasteiger partial charge in [0.2, 0.25) is 0 Å². The molecular weight excluding hydrogens is 362 g/mol. The number of ether oxygens (including phenoxy) is 1. The van der Waals surface area contributed by atoms with Gasteiger partial charge < -0.3 is 4.74 Å². The van der Waals surface area contributed by atoms with E-state index in [1.165, 1.54) is 0 Å². The lowest BCUT2D eigenvalue weighted by Crippen LogP contribution is -2.14. The molecule has 6 nitrogen and oxygen atoms in total. The third-order valence-corrected chi connectivity index (χ3v) is 5.83. The van der Waals surface area contributed by atoms with Gasteiger partial charge in [-0.25, -0.2) is 8.42 Å². The SMILES string of the molecule is COc1ccnc2c(NS(=O)(=O)c3cccc4c(C)ccnc34)cccc12. The summed E-state index contributed by atoms with van der Waals surface area (Å²) in [6.45, 7) is 1.93. The van der Waals surface area contributed by atoms with Crippen molar-refractivity contribution < 1.29 is 13.2 Å². The number of rotatable bonds is 4. The third kappa shape index (κ3) is 2.96. The van der Waals surface area contributed by atoms with E-state index in [9.17, 15) is 8.42 Å². The minimum atomic E-state index is -3.86. The molecule has 136 valence electrons. The van der Waals surface area contributed by atoms with Crippen LogP contribution in [0, 0.1) is 6.92 Å². The molecule has 0 aliphatic heterocycles. The molecule has 0 saturated carbocycles. The molecule has 7 heteroatoms. The van der Waals surface area contributed by atoms with Crippen molar-refractivity contribution in [2.45, 2.75) is 11.8 Å². The van der Waals surface area contributed by atoms with Crippen LogP contribution < -0.4 is 9.46 Å². The van der Waals surface area contributed by atoms with Gasteiger partial charge in [-0.1, -0.05) is 18.2 Å². The van der Waals surface area contributed by atoms with Crippen molar-refractivity contribution >= 4 is 37.5 Å². The fraction of sp³-hybridized carbons (Fsp3) is 0.100. The number of hydrogen-bond donors (Lipinski definition) is 1. The molecule has 0 atom stereocenters. The molecule has 4 aromatic rings. The van der Waals surface area contributed by atoms with Gasteiger partial charge in [0.05, 0.1) is 23.8 Å². The molecule has 0 saturated heterocycles. The molecule has 0 bridgehead atoms. The molecule has 0 aliphatic carbocycles. The summed E-state index contributed by atoms with van der Waals surface area (Å²) in [4.78, 5) is 8.73. The summed E-state index contributed by atoms with van der Waals surface area (Å²) in [5, 5.41) is 1.53. The van der Waals surface area contributed by atoms with Crippen molar-refractivity contribution in [2.75, 3.05) is 11.8 Å². The summed E-state index contributed by atoms with van der Waals surface area (Å²) >= 11 is 0. The van der Waals surface area contributed by atoms with Gasteiger partial charge in [0.15, 0.2) is 0 Å². The number of methoxy groups -OCH3 is 1. The molecule has 2 aromatic carbocycles. The van der Waals surface area contributed by atoms with Crippen LogP contribution in [0.25, 0.3) is 21.8 Å². The first-order valence-corrected chi connectivity index (χ1v) is 9.78. The first-order chi connectivity index (χ1) is 13.0. The standard InChI is InChI=1S/C20H17N3O3S/c1-13-9-11-22-20-14(13)5-4-8-18(20)27(24,25)23-16-7-3-6-15-17(26-2)10-12-21-19(15)16/h3-12,23H,1-2H3. The summed E-state index contributed by atoms with van der Waals surface area (Å²) in [6.07, 6.45) is 3.20. The van der Waals surface area contributed by atoms with Crippen molar-refractivity contribution in [3.63, 3.8) is 0 Å². The highest BCUT2D eigenvalue weighted by Gasteiger charge is 2.20. The van der Waals surface area contributed by atoms with E-state index >= 15 is 0 Å². The Kier molecular flexibility index (Phi) is 4.16. The lowest BCUT2D eigenvalue weighted by Gasteiger charge is -2.13. The first-order valence-electron chi connectivity index (χ1n) is 8.30. The van der Waals surface area contributed by atoms with E-state index in [0.717, 1.165) is 16.3 Å². The molecule has 2 heterocycles. The Labute approximate surface area is 156 Å². The fourth-order valence-corrected chi connectivity index (χ4v) is 4.35. The van der Waals surface area contributed by atoms with Crippen LogP contribution in [0.15, 0.2) is 65.8 Å². The second-order valence-corrected chi connectivity index (χ2v) is 7.75. The summed E-state index contributed by atoms with van der Waals surface area (Å²) in [6, 6.07) is 14.0. The van der Waals surface area contributed by atoms with Crippen molar-refractivity contribution in [1.82, 2.24) is 9.97 Å². The number of sulfonamides is 1. The zero-order valence-corrected chi connectivity index (χ0v) is 15.6. The average Bonchev–Trinajstić information content (AvgIpc) is 2.67. The summed E-state index contributed by atoms with van der Waals surface area (Å²) in [5.74, 6) is 0.628. The maximum absolute atomic E-state index is 13.1. The van der Waals surface area contributed by atoms with Gasteiger partial charge in [0, 0.05) is 23.2 Å². The summed E-state index contributed by atoms with van der Waals surface area (Å²) < 4.78 is 34.2. The van der Waals surface area contributed by atoms with Crippen LogP contribution in [0.2, 0.25) is 0 Å². The Morgan fingerprint density at radius 2 is 1.59 bits per heavy atom. The maximum atomic E-state index is 13.1. The molecule has 0 amide bonds. The van der Waals surface area contributed by atoms with E-state index in [2.05, 4.69) is 14.7 Å². The Hall–Kier alpha value is -3.19. The smallest absolute Gasteiger partial charge is 0.264 e. The monoisotopic (exact) mass is 379 g/mol. The number of hydrogen-bond acceptors (Lipinski definition) is 5. The Bertz CT molecular complexity index is 1270. The van der Waals surface area contributed by atoms with E-state index in [1.807, 2.05) is 25.1 Å². The zero-order valence-electron chi connectivity index (χ0n) is 14.8. The van der Waals surface area contributed by atoms with Crippen molar-refractivity contribution in [1.29, 1.82) is 0 Å². The van der Waals surface area contributed by atoms with E-state index in [4.69, 9.17) is 4.74 Å². The Balaban J connectivity index is 1.86. The molecule has 4 rings (SSSR count). The van der Waals surface area contributed by atoms with Gasteiger partial charge in [-0.2, -0.15) is 0 Å². The number of pyridine rings is 2. The highest BCUT2D eigenvalue weighted by molar-refractivity contribution is 7.93. The minimum absolute atomic E-state index is 0.128. The van der Waals surface area contributed by atoms with E-state index in [1.54, 1.807) is 49.8 Å². The normalized spacial score (nSPS) is 11.6. The largest absolute Gasteiger partial charge is 0.496 e. The number of nitrogens with one attached hydrogen (secondary N) is 1. The number of aromatic nitrogens is 2. The van der Waals surface area contributed by atoms with E-state index in [0.29, 0.717) is 22.5 Å². The molecule has 1 N–H and O–H groups in total. The van der Waals surface area contributed by atoms with E-state index in [-0.39, 0.29) is 4.90 Å². The number of anilines is 1. The van der Waals surface area contributed by atoms with Crippen LogP contribution in [0.3, 0.4) is 0 Å². The van der Waals surface area contributed by atoms with Gasteiger partial charge in [-0.15, -0.1) is 0 Å². The predicted molar refractivity (Wildman–Crippen MR) is 106 cm³/mol. The Morgan fingerprint density at radius 3 is 2.41 bits per heavy atom. The topological polar surface area (TPSA) is 81.2 Å². The number of para-hydroxylation sites is 2. The number of fused-ring (bicyclic) bond motifs is 2. The van der Waals surface area contributed by atoms with E-state index < -0.39 is 10.0 Å². The molecule has 0 fully saturated rings. The summed E-state index contributed by atoms with van der Waals surface area (Å²) in [7, 11) is -2.30. The highest BCUT2D eigenvalue weighted by Crippen LogP contribution is 2.31. The molecule has 2 aromatic heterocycles. The average molecular weight is 379 g/mol. The van der Waals surface area contributed by atoms with Gasteiger partial charge in [-0.05, 0) is 42.8 Å². The minimum Gasteiger partial charge on any atom is -0.496 e. The van der Waals surface area contributed by atoms with Crippen LogP contribution in [0.5, 0.6) is 5.75 Å².